The molecule has 0 amide bonds. The van der Waals surface area contributed by atoms with E-state index in [9.17, 15) is 0 Å². The van der Waals surface area contributed by atoms with Crippen LogP contribution in [0.4, 0.5) is 5.69 Å². The van der Waals surface area contributed by atoms with E-state index in [0.29, 0.717) is 0 Å². The highest BCUT2D eigenvalue weighted by Gasteiger charge is 1.97. The largest absolute Gasteiger partial charge is 0.398 e. The standard InChI is InChI=1S/C9H14N2S/c1-3-4-12-9-5-8(10)7(2)6-11-9/h5-6H,3-4H2,1-2H3,(H2,10,11). The first kappa shape index (κ1) is 9.39. The number of aromatic nitrogens is 1. The third-order valence-corrected chi connectivity index (χ3v) is 2.71. The number of hydrogen-bond donors (Lipinski definition) is 1. The van der Waals surface area contributed by atoms with Crippen LogP contribution in [0.25, 0.3) is 0 Å². The first-order valence-corrected chi connectivity index (χ1v) is 5.07. The van der Waals surface area contributed by atoms with Gasteiger partial charge >= 0.3 is 0 Å². The average molecular weight is 182 g/mol. The van der Waals surface area contributed by atoms with Gasteiger partial charge in [0.2, 0.25) is 0 Å². The molecule has 1 heterocycles. The molecule has 66 valence electrons. The molecule has 1 aromatic heterocycles. The Bertz CT molecular complexity index is 261. The third kappa shape index (κ3) is 2.41. The SMILES string of the molecule is CCCSc1cc(N)c(C)cn1. The Balaban J connectivity index is 2.69. The highest BCUT2D eigenvalue weighted by Crippen LogP contribution is 2.19. The lowest BCUT2D eigenvalue weighted by Crippen LogP contribution is -1.92. The molecule has 3 heteroatoms. The summed E-state index contributed by atoms with van der Waals surface area (Å²) in [5, 5.41) is 1.03. The van der Waals surface area contributed by atoms with Crippen molar-refractivity contribution >= 4 is 17.4 Å². The molecular formula is C9H14N2S. The van der Waals surface area contributed by atoms with Crippen LogP contribution in [0.1, 0.15) is 18.9 Å². The first-order chi connectivity index (χ1) is 5.74. The van der Waals surface area contributed by atoms with Crippen molar-refractivity contribution in [2.45, 2.75) is 25.3 Å². The molecule has 0 unspecified atom stereocenters. The molecule has 0 bridgehead atoms. The maximum atomic E-state index is 5.74. The number of aryl methyl sites for hydroxylation is 1. The van der Waals surface area contributed by atoms with Gasteiger partial charge in [-0.15, -0.1) is 11.8 Å². The molecule has 1 aromatic rings. The van der Waals surface area contributed by atoms with E-state index >= 15 is 0 Å². The van der Waals surface area contributed by atoms with E-state index < -0.39 is 0 Å². The lowest BCUT2D eigenvalue weighted by molar-refractivity contribution is 1.08. The molecule has 0 saturated heterocycles. The molecule has 2 nitrogen and oxygen atoms in total. The normalized spacial score (nSPS) is 10.2. The summed E-state index contributed by atoms with van der Waals surface area (Å²) >= 11 is 1.75. The lowest BCUT2D eigenvalue weighted by Gasteiger charge is -2.02. The Labute approximate surface area is 77.6 Å². The molecule has 0 saturated carbocycles. The number of nitrogens with zero attached hydrogens (tertiary/aromatic N) is 1. The summed E-state index contributed by atoms with van der Waals surface area (Å²) in [5.74, 6) is 1.11. The Morgan fingerprint density at radius 2 is 2.33 bits per heavy atom. The van der Waals surface area contributed by atoms with Crippen molar-refractivity contribution < 1.29 is 0 Å². The summed E-state index contributed by atoms with van der Waals surface area (Å²) in [6.45, 7) is 4.13. The fraction of sp³-hybridized carbons (Fsp3) is 0.444. The number of nitrogen functional groups attached to an aromatic ring is 1. The third-order valence-electron chi connectivity index (χ3n) is 1.57. The second kappa shape index (κ2) is 4.36. The molecule has 12 heavy (non-hydrogen) atoms. The van der Waals surface area contributed by atoms with Gasteiger partial charge in [0, 0.05) is 11.9 Å². The average Bonchev–Trinajstić information content (AvgIpc) is 2.07. The van der Waals surface area contributed by atoms with Gasteiger partial charge in [-0.1, -0.05) is 6.92 Å². The van der Waals surface area contributed by atoms with Gasteiger partial charge in [-0.3, -0.25) is 0 Å². The topological polar surface area (TPSA) is 38.9 Å². The molecule has 0 fully saturated rings. The second-order valence-electron chi connectivity index (χ2n) is 2.73. The minimum atomic E-state index is 0.837. The highest BCUT2D eigenvalue weighted by atomic mass is 32.2. The monoisotopic (exact) mass is 182 g/mol. The second-order valence-corrected chi connectivity index (χ2v) is 3.84. The van der Waals surface area contributed by atoms with Crippen molar-refractivity contribution in [2.75, 3.05) is 11.5 Å². The predicted molar refractivity (Wildman–Crippen MR) is 54.4 cm³/mol. The highest BCUT2D eigenvalue weighted by molar-refractivity contribution is 7.99. The molecule has 0 radical (unpaired) electrons. The Morgan fingerprint density at radius 3 is 2.92 bits per heavy atom. The summed E-state index contributed by atoms with van der Waals surface area (Å²) in [4.78, 5) is 4.26. The van der Waals surface area contributed by atoms with Crippen molar-refractivity contribution in [3.05, 3.63) is 17.8 Å². The van der Waals surface area contributed by atoms with Crippen LogP contribution in [0.15, 0.2) is 17.3 Å². The van der Waals surface area contributed by atoms with Crippen molar-refractivity contribution in [1.82, 2.24) is 4.98 Å². The van der Waals surface area contributed by atoms with Crippen LogP contribution in [0, 0.1) is 6.92 Å². The Hall–Kier alpha value is -0.700. The number of nitrogens with two attached hydrogens (primary N) is 1. The first-order valence-electron chi connectivity index (χ1n) is 4.09. The maximum Gasteiger partial charge on any atom is 0.0980 e. The number of anilines is 1. The molecule has 0 aliphatic carbocycles. The quantitative estimate of drug-likeness (QED) is 0.730. The van der Waals surface area contributed by atoms with Gasteiger partial charge in [0.25, 0.3) is 0 Å². The van der Waals surface area contributed by atoms with Crippen LogP contribution in [0.5, 0.6) is 0 Å². The van der Waals surface area contributed by atoms with E-state index in [1.165, 1.54) is 6.42 Å². The summed E-state index contributed by atoms with van der Waals surface area (Å²) < 4.78 is 0. The predicted octanol–water partition coefficient (Wildman–Crippen LogP) is 2.47. The van der Waals surface area contributed by atoms with E-state index in [4.69, 9.17) is 5.73 Å². The Morgan fingerprint density at radius 1 is 1.58 bits per heavy atom. The number of thioether (sulfide) groups is 1. The number of pyridine rings is 1. The van der Waals surface area contributed by atoms with E-state index in [-0.39, 0.29) is 0 Å². The summed E-state index contributed by atoms with van der Waals surface area (Å²) in [6, 6.07) is 1.94. The minimum Gasteiger partial charge on any atom is -0.398 e. The number of rotatable bonds is 3. The van der Waals surface area contributed by atoms with Gasteiger partial charge in [-0.05, 0) is 30.7 Å². The minimum absolute atomic E-state index is 0.837. The van der Waals surface area contributed by atoms with Crippen molar-refractivity contribution in [3.8, 4) is 0 Å². The smallest absolute Gasteiger partial charge is 0.0980 e. The fourth-order valence-corrected chi connectivity index (χ4v) is 1.56. The molecular weight excluding hydrogens is 168 g/mol. The van der Waals surface area contributed by atoms with Gasteiger partial charge in [0.05, 0.1) is 5.03 Å². The van der Waals surface area contributed by atoms with Crippen LogP contribution in [-0.2, 0) is 0 Å². The fourth-order valence-electron chi connectivity index (χ4n) is 0.805. The van der Waals surface area contributed by atoms with Crippen LogP contribution in [0.3, 0.4) is 0 Å². The van der Waals surface area contributed by atoms with Gasteiger partial charge in [-0.25, -0.2) is 4.98 Å². The van der Waals surface area contributed by atoms with Gasteiger partial charge in [0.15, 0.2) is 0 Å². The maximum absolute atomic E-state index is 5.74. The molecule has 0 spiro atoms. The molecule has 1 rings (SSSR count). The van der Waals surface area contributed by atoms with Gasteiger partial charge < -0.3 is 5.73 Å². The molecule has 2 N–H and O–H groups in total. The molecule has 0 aliphatic heterocycles. The van der Waals surface area contributed by atoms with E-state index in [0.717, 1.165) is 22.0 Å². The molecule has 0 aliphatic rings. The van der Waals surface area contributed by atoms with Gasteiger partial charge in [-0.2, -0.15) is 0 Å². The van der Waals surface area contributed by atoms with Crippen LogP contribution in [-0.4, -0.2) is 10.7 Å². The zero-order valence-electron chi connectivity index (χ0n) is 7.50. The molecule has 0 aromatic carbocycles. The summed E-state index contributed by atoms with van der Waals surface area (Å²) in [6.07, 6.45) is 2.99. The van der Waals surface area contributed by atoms with Crippen LogP contribution < -0.4 is 5.73 Å². The van der Waals surface area contributed by atoms with E-state index in [1.807, 2.05) is 19.2 Å². The van der Waals surface area contributed by atoms with Crippen molar-refractivity contribution in [2.24, 2.45) is 0 Å². The van der Waals surface area contributed by atoms with Crippen molar-refractivity contribution in [3.63, 3.8) is 0 Å². The Kier molecular flexibility index (Phi) is 3.41. The van der Waals surface area contributed by atoms with E-state index in [2.05, 4.69) is 11.9 Å². The van der Waals surface area contributed by atoms with Gasteiger partial charge in [0.1, 0.15) is 0 Å². The van der Waals surface area contributed by atoms with Crippen LogP contribution in [0.2, 0.25) is 0 Å². The van der Waals surface area contributed by atoms with Crippen LogP contribution >= 0.6 is 11.8 Å². The summed E-state index contributed by atoms with van der Waals surface area (Å²) in [7, 11) is 0. The van der Waals surface area contributed by atoms with Crippen molar-refractivity contribution in [1.29, 1.82) is 0 Å². The zero-order valence-corrected chi connectivity index (χ0v) is 8.32. The van der Waals surface area contributed by atoms with E-state index in [1.54, 1.807) is 11.8 Å². The molecule has 0 atom stereocenters. The lowest BCUT2D eigenvalue weighted by atomic mass is 10.3. The summed E-state index contributed by atoms with van der Waals surface area (Å²) in [5.41, 5.74) is 7.63. The zero-order chi connectivity index (χ0) is 8.97. The number of hydrogen-bond acceptors (Lipinski definition) is 3.